The molecule has 3 heteroatoms. The summed E-state index contributed by atoms with van der Waals surface area (Å²) in [7, 11) is 0. The second-order valence-corrected chi connectivity index (χ2v) is 6.79. The lowest BCUT2D eigenvalue weighted by molar-refractivity contribution is 0.0294. The van der Waals surface area contributed by atoms with Gasteiger partial charge in [-0.2, -0.15) is 0 Å². The maximum absolute atomic E-state index is 5.98. The molecule has 1 heterocycles. The zero-order chi connectivity index (χ0) is 13.1. The minimum Gasteiger partial charge on any atom is -0.377 e. The molecule has 1 aliphatic heterocycles. The van der Waals surface area contributed by atoms with Gasteiger partial charge in [0.1, 0.15) is 0 Å². The van der Waals surface area contributed by atoms with E-state index in [0.717, 1.165) is 25.2 Å². The summed E-state index contributed by atoms with van der Waals surface area (Å²) in [4.78, 5) is 2.71. The lowest BCUT2D eigenvalue weighted by atomic mass is 9.98. The Morgan fingerprint density at radius 1 is 1.11 bits per heavy atom. The van der Waals surface area contributed by atoms with Crippen molar-refractivity contribution >= 4 is 0 Å². The molecule has 1 saturated heterocycles. The van der Waals surface area contributed by atoms with E-state index in [4.69, 9.17) is 4.74 Å². The Labute approximate surface area is 118 Å². The zero-order valence-electron chi connectivity index (χ0n) is 12.4. The average Bonchev–Trinajstić information content (AvgIpc) is 3.20. The van der Waals surface area contributed by atoms with Crippen molar-refractivity contribution in [1.29, 1.82) is 0 Å². The van der Waals surface area contributed by atoms with Gasteiger partial charge in [-0.25, -0.2) is 0 Å². The zero-order valence-corrected chi connectivity index (χ0v) is 12.4. The highest BCUT2D eigenvalue weighted by atomic mass is 16.5. The lowest BCUT2D eigenvalue weighted by Crippen LogP contribution is -2.36. The number of hydrogen-bond acceptors (Lipinski definition) is 3. The van der Waals surface area contributed by atoms with Crippen molar-refractivity contribution in [2.45, 2.75) is 82.5 Å². The number of rotatable bonds is 6. The molecule has 2 atom stereocenters. The van der Waals surface area contributed by atoms with Crippen molar-refractivity contribution in [2.75, 3.05) is 19.7 Å². The first-order chi connectivity index (χ1) is 9.33. The van der Waals surface area contributed by atoms with Crippen molar-refractivity contribution in [3.05, 3.63) is 0 Å². The Morgan fingerprint density at radius 2 is 1.89 bits per heavy atom. The second-order valence-electron chi connectivity index (χ2n) is 6.79. The molecule has 0 aromatic heterocycles. The van der Waals surface area contributed by atoms with Crippen LogP contribution in [0, 0.1) is 0 Å². The standard InChI is InChI=1S/C16H30N2O/c1-13-11-14(12-18(13)15-7-8-15)17-9-10-19-16-5-3-2-4-6-16/h13-17H,2-12H2,1H3. The summed E-state index contributed by atoms with van der Waals surface area (Å²) in [6, 6.07) is 2.40. The van der Waals surface area contributed by atoms with Crippen LogP contribution in [0.15, 0.2) is 0 Å². The first-order valence-electron chi connectivity index (χ1n) is 8.43. The van der Waals surface area contributed by atoms with Crippen LogP contribution in [0.1, 0.15) is 58.3 Å². The number of likely N-dealkylation sites (tertiary alicyclic amines) is 1. The highest BCUT2D eigenvalue weighted by Crippen LogP contribution is 2.33. The summed E-state index contributed by atoms with van der Waals surface area (Å²) in [6.07, 6.45) is 11.5. The van der Waals surface area contributed by atoms with E-state index in [1.54, 1.807) is 0 Å². The first kappa shape index (κ1) is 13.8. The maximum Gasteiger partial charge on any atom is 0.0594 e. The summed E-state index contributed by atoms with van der Waals surface area (Å²) >= 11 is 0. The summed E-state index contributed by atoms with van der Waals surface area (Å²) in [5, 5.41) is 3.70. The summed E-state index contributed by atoms with van der Waals surface area (Å²) in [5.74, 6) is 0. The van der Waals surface area contributed by atoms with Crippen molar-refractivity contribution in [1.82, 2.24) is 10.2 Å². The average molecular weight is 266 g/mol. The molecule has 3 rings (SSSR count). The second kappa shape index (κ2) is 6.55. The largest absolute Gasteiger partial charge is 0.377 e. The Morgan fingerprint density at radius 3 is 2.63 bits per heavy atom. The molecule has 3 aliphatic rings. The molecular weight excluding hydrogens is 236 g/mol. The fourth-order valence-corrected chi connectivity index (χ4v) is 3.84. The van der Waals surface area contributed by atoms with Gasteiger partial charge in [-0.15, -0.1) is 0 Å². The Kier molecular flexibility index (Phi) is 4.78. The summed E-state index contributed by atoms with van der Waals surface area (Å²) in [5.41, 5.74) is 0. The molecule has 0 aromatic rings. The van der Waals surface area contributed by atoms with E-state index in [-0.39, 0.29) is 0 Å². The molecule has 0 spiro atoms. The van der Waals surface area contributed by atoms with Crippen molar-refractivity contribution in [2.24, 2.45) is 0 Å². The monoisotopic (exact) mass is 266 g/mol. The van der Waals surface area contributed by atoms with Gasteiger partial charge in [-0.3, -0.25) is 4.90 Å². The predicted octanol–water partition coefficient (Wildman–Crippen LogP) is 2.55. The SMILES string of the molecule is CC1CC(NCCOC2CCCCC2)CN1C1CC1. The molecular formula is C16H30N2O. The molecule has 0 amide bonds. The van der Waals surface area contributed by atoms with Gasteiger partial charge in [-0.05, 0) is 39.0 Å². The van der Waals surface area contributed by atoms with Crippen LogP contribution in [-0.4, -0.2) is 48.8 Å². The lowest BCUT2D eigenvalue weighted by Gasteiger charge is -2.22. The molecule has 0 radical (unpaired) electrons. The van der Waals surface area contributed by atoms with Crippen molar-refractivity contribution < 1.29 is 4.74 Å². The van der Waals surface area contributed by atoms with Crippen LogP contribution in [-0.2, 0) is 4.74 Å². The molecule has 19 heavy (non-hydrogen) atoms. The van der Waals surface area contributed by atoms with Gasteiger partial charge in [0.05, 0.1) is 12.7 Å². The van der Waals surface area contributed by atoms with E-state index < -0.39 is 0 Å². The summed E-state index contributed by atoms with van der Waals surface area (Å²) < 4.78 is 5.98. The highest BCUT2D eigenvalue weighted by Gasteiger charge is 2.38. The molecule has 3 nitrogen and oxygen atoms in total. The van der Waals surface area contributed by atoms with Crippen LogP contribution >= 0.6 is 0 Å². The Hall–Kier alpha value is -0.120. The molecule has 1 N–H and O–H groups in total. The molecule has 2 saturated carbocycles. The van der Waals surface area contributed by atoms with Crippen LogP contribution in [0.2, 0.25) is 0 Å². The topological polar surface area (TPSA) is 24.5 Å². The molecule has 0 bridgehead atoms. The first-order valence-corrected chi connectivity index (χ1v) is 8.43. The van der Waals surface area contributed by atoms with Gasteiger partial charge in [0.2, 0.25) is 0 Å². The molecule has 2 unspecified atom stereocenters. The van der Waals surface area contributed by atoms with E-state index in [0.29, 0.717) is 12.1 Å². The minimum absolute atomic E-state index is 0.556. The molecule has 2 aliphatic carbocycles. The fraction of sp³-hybridized carbons (Fsp3) is 1.00. The normalized spacial score (nSPS) is 33.9. The molecule has 110 valence electrons. The van der Waals surface area contributed by atoms with Crippen LogP contribution < -0.4 is 5.32 Å². The molecule has 3 fully saturated rings. The minimum atomic E-state index is 0.556. The highest BCUT2D eigenvalue weighted by molar-refractivity contribution is 4.95. The van der Waals surface area contributed by atoms with E-state index in [1.165, 1.54) is 57.9 Å². The van der Waals surface area contributed by atoms with E-state index >= 15 is 0 Å². The summed E-state index contributed by atoms with van der Waals surface area (Å²) in [6.45, 7) is 5.58. The van der Waals surface area contributed by atoms with Crippen LogP contribution in [0.25, 0.3) is 0 Å². The molecule has 0 aromatic carbocycles. The van der Waals surface area contributed by atoms with E-state index in [2.05, 4.69) is 17.1 Å². The number of ether oxygens (including phenoxy) is 1. The van der Waals surface area contributed by atoms with Gasteiger partial charge in [-0.1, -0.05) is 19.3 Å². The third-order valence-electron chi connectivity index (χ3n) is 5.08. The number of hydrogen-bond donors (Lipinski definition) is 1. The van der Waals surface area contributed by atoms with Gasteiger partial charge < -0.3 is 10.1 Å². The van der Waals surface area contributed by atoms with E-state index in [9.17, 15) is 0 Å². The van der Waals surface area contributed by atoms with Gasteiger partial charge in [0.15, 0.2) is 0 Å². The number of nitrogens with one attached hydrogen (secondary N) is 1. The van der Waals surface area contributed by atoms with E-state index in [1.807, 2.05) is 0 Å². The maximum atomic E-state index is 5.98. The van der Waals surface area contributed by atoms with Crippen LogP contribution in [0.3, 0.4) is 0 Å². The van der Waals surface area contributed by atoms with Crippen LogP contribution in [0.5, 0.6) is 0 Å². The quantitative estimate of drug-likeness (QED) is 0.748. The van der Waals surface area contributed by atoms with Crippen molar-refractivity contribution in [3.63, 3.8) is 0 Å². The Balaban J connectivity index is 1.28. The van der Waals surface area contributed by atoms with Gasteiger partial charge >= 0.3 is 0 Å². The third-order valence-corrected chi connectivity index (χ3v) is 5.08. The Bertz CT molecular complexity index is 274. The van der Waals surface area contributed by atoms with Crippen LogP contribution in [0.4, 0.5) is 0 Å². The number of nitrogens with zero attached hydrogens (tertiary/aromatic N) is 1. The third kappa shape index (κ3) is 3.93. The smallest absolute Gasteiger partial charge is 0.0594 e. The van der Waals surface area contributed by atoms with Gasteiger partial charge in [0.25, 0.3) is 0 Å². The van der Waals surface area contributed by atoms with Crippen molar-refractivity contribution in [3.8, 4) is 0 Å². The predicted molar refractivity (Wildman–Crippen MR) is 78.4 cm³/mol. The fourth-order valence-electron chi connectivity index (χ4n) is 3.84. The van der Waals surface area contributed by atoms with Gasteiger partial charge in [0, 0.05) is 31.2 Å².